The maximum Gasteiger partial charge on any atom is 0.221 e. The first-order valence-corrected chi connectivity index (χ1v) is 6.22. The summed E-state index contributed by atoms with van der Waals surface area (Å²) in [6, 6.07) is 7.49. The molecule has 1 heterocycles. The molecule has 100 valence electrons. The number of hydrogen-bond acceptors (Lipinski definition) is 4. The molecule has 2 rings (SSSR count). The largest absolute Gasteiger partial charge is 0.496 e. The molecule has 0 aromatic heterocycles. The van der Waals surface area contributed by atoms with E-state index < -0.39 is 0 Å². The summed E-state index contributed by atoms with van der Waals surface area (Å²) in [6.45, 7) is 2.19. The van der Waals surface area contributed by atoms with Crippen LogP contribution in [-0.4, -0.2) is 31.0 Å². The Labute approximate surface area is 112 Å². The summed E-state index contributed by atoms with van der Waals surface area (Å²) in [5.41, 5.74) is 6.90. The number of methoxy groups -OCH3 is 1. The van der Waals surface area contributed by atoms with Crippen molar-refractivity contribution in [3.05, 3.63) is 29.3 Å². The van der Waals surface area contributed by atoms with Gasteiger partial charge in [0.1, 0.15) is 5.75 Å². The van der Waals surface area contributed by atoms with Crippen molar-refractivity contribution < 1.29 is 9.53 Å². The van der Waals surface area contributed by atoms with Crippen molar-refractivity contribution in [1.82, 2.24) is 4.90 Å². The molecule has 1 unspecified atom stereocenters. The highest BCUT2D eigenvalue weighted by Gasteiger charge is 2.26. The Hall–Kier alpha value is -2.06. The maximum absolute atomic E-state index is 11.2. The van der Waals surface area contributed by atoms with Gasteiger partial charge in [-0.3, -0.25) is 9.69 Å². The van der Waals surface area contributed by atoms with Gasteiger partial charge in [0.25, 0.3) is 0 Å². The van der Waals surface area contributed by atoms with E-state index >= 15 is 0 Å². The molecule has 1 aliphatic rings. The van der Waals surface area contributed by atoms with E-state index in [4.69, 9.17) is 15.7 Å². The predicted molar refractivity (Wildman–Crippen MR) is 70.3 cm³/mol. The molecule has 1 amide bonds. The van der Waals surface area contributed by atoms with Crippen molar-refractivity contribution in [2.75, 3.05) is 20.2 Å². The average molecular weight is 259 g/mol. The monoisotopic (exact) mass is 259 g/mol. The Bertz CT molecular complexity index is 522. The summed E-state index contributed by atoms with van der Waals surface area (Å²) in [7, 11) is 1.61. The van der Waals surface area contributed by atoms with Crippen molar-refractivity contribution in [3.8, 4) is 11.8 Å². The zero-order valence-corrected chi connectivity index (χ0v) is 10.9. The van der Waals surface area contributed by atoms with Crippen molar-refractivity contribution >= 4 is 5.91 Å². The summed E-state index contributed by atoms with van der Waals surface area (Å²) >= 11 is 0. The highest BCUT2D eigenvalue weighted by molar-refractivity contribution is 5.77. The number of benzene rings is 1. The van der Waals surface area contributed by atoms with E-state index in [1.807, 2.05) is 6.07 Å². The first kappa shape index (κ1) is 13.4. The number of nitrogens with two attached hydrogens (primary N) is 1. The number of carbonyl (C=O) groups is 1. The minimum absolute atomic E-state index is 0.0647. The number of carbonyl (C=O) groups excluding carboxylic acids is 1. The van der Waals surface area contributed by atoms with Crippen molar-refractivity contribution in [2.24, 2.45) is 11.7 Å². The fraction of sp³-hybridized carbons (Fsp3) is 0.429. The second kappa shape index (κ2) is 5.72. The predicted octanol–water partition coefficient (Wildman–Crippen LogP) is 0.874. The summed E-state index contributed by atoms with van der Waals surface area (Å²) in [4.78, 5) is 13.3. The topological polar surface area (TPSA) is 79.3 Å². The third-order valence-electron chi connectivity index (χ3n) is 3.48. The van der Waals surface area contributed by atoms with Gasteiger partial charge in [0.15, 0.2) is 0 Å². The smallest absolute Gasteiger partial charge is 0.221 e. The van der Waals surface area contributed by atoms with Crippen molar-refractivity contribution in [3.63, 3.8) is 0 Å². The van der Waals surface area contributed by atoms with E-state index in [9.17, 15) is 4.79 Å². The minimum atomic E-state index is -0.236. The van der Waals surface area contributed by atoms with Crippen molar-refractivity contribution in [2.45, 2.75) is 13.0 Å². The van der Waals surface area contributed by atoms with E-state index in [0.717, 1.165) is 24.3 Å². The third kappa shape index (κ3) is 3.04. The van der Waals surface area contributed by atoms with Crippen LogP contribution >= 0.6 is 0 Å². The van der Waals surface area contributed by atoms with Crippen molar-refractivity contribution in [1.29, 1.82) is 5.26 Å². The lowest BCUT2D eigenvalue weighted by molar-refractivity contribution is -0.121. The number of likely N-dealkylation sites (tertiary alicyclic amines) is 1. The first-order chi connectivity index (χ1) is 9.13. The molecular weight excluding hydrogens is 242 g/mol. The lowest BCUT2D eigenvalue weighted by Crippen LogP contribution is -2.27. The number of primary amides is 1. The van der Waals surface area contributed by atoms with Crippen LogP contribution < -0.4 is 10.5 Å². The molecular formula is C14H17N3O2. The summed E-state index contributed by atoms with van der Waals surface area (Å²) in [5.74, 6) is 0.465. The molecule has 1 atom stereocenters. The molecule has 1 aliphatic heterocycles. The molecule has 1 saturated heterocycles. The lowest BCUT2D eigenvalue weighted by Gasteiger charge is -2.17. The fourth-order valence-electron chi connectivity index (χ4n) is 2.42. The minimum Gasteiger partial charge on any atom is -0.496 e. The van der Waals surface area contributed by atoms with Gasteiger partial charge in [-0.05, 0) is 31.2 Å². The van der Waals surface area contributed by atoms with Crippen LogP contribution in [0.25, 0.3) is 0 Å². The molecule has 0 aliphatic carbocycles. The van der Waals surface area contributed by atoms with E-state index in [0.29, 0.717) is 18.7 Å². The Kier molecular flexibility index (Phi) is 4.03. The fourth-order valence-corrected chi connectivity index (χ4v) is 2.42. The Morgan fingerprint density at radius 1 is 1.63 bits per heavy atom. The SMILES string of the molecule is COc1ccc(C#N)cc1CN1CCC(C(N)=O)C1. The van der Waals surface area contributed by atoms with Gasteiger partial charge >= 0.3 is 0 Å². The van der Waals surface area contributed by atoms with Crippen LogP contribution in [0.3, 0.4) is 0 Å². The second-order valence-corrected chi connectivity index (χ2v) is 4.76. The highest BCUT2D eigenvalue weighted by atomic mass is 16.5. The molecule has 1 aromatic rings. The van der Waals surface area contributed by atoms with E-state index in [1.54, 1.807) is 19.2 Å². The molecule has 19 heavy (non-hydrogen) atoms. The zero-order chi connectivity index (χ0) is 13.8. The van der Waals surface area contributed by atoms with E-state index in [-0.39, 0.29) is 11.8 Å². The molecule has 0 saturated carbocycles. The van der Waals surface area contributed by atoms with Gasteiger partial charge in [-0.15, -0.1) is 0 Å². The highest BCUT2D eigenvalue weighted by Crippen LogP contribution is 2.24. The Morgan fingerprint density at radius 3 is 3.00 bits per heavy atom. The van der Waals surface area contributed by atoms with E-state index in [2.05, 4.69) is 11.0 Å². The maximum atomic E-state index is 11.2. The molecule has 0 bridgehead atoms. The summed E-state index contributed by atoms with van der Waals surface area (Å²) in [6.07, 6.45) is 0.801. The number of rotatable bonds is 4. The number of ether oxygens (including phenoxy) is 1. The van der Waals surface area contributed by atoms with Crippen LogP contribution in [0.15, 0.2) is 18.2 Å². The van der Waals surface area contributed by atoms with Gasteiger partial charge in [0.2, 0.25) is 5.91 Å². The quantitative estimate of drug-likeness (QED) is 0.870. The summed E-state index contributed by atoms with van der Waals surface area (Å²) in [5, 5.41) is 8.94. The van der Waals surface area contributed by atoms with Crippen LogP contribution in [0.2, 0.25) is 0 Å². The Morgan fingerprint density at radius 2 is 2.42 bits per heavy atom. The molecule has 5 heteroatoms. The van der Waals surface area contributed by atoms with Gasteiger partial charge in [0.05, 0.1) is 24.7 Å². The standard InChI is InChI=1S/C14H17N3O2/c1-19-13-3-2-10(7-15)6-12(13)9-17-5-4-11(8-17)14(16)18/h2-3,6,11H,4-5,8-9H2,1H3,(H2,16,18). The Balaban J connectivity index is 2.11. The normalized spacial score (nSPS) is 19.1. The lowest BCUT2D eigenvalue weighted by atomic mass is 10.1. The van der Waals surface area contributed by atoms with Gasteiger partial charge in [0, 0.05) is 18.7 Å². The molecule has 0 radical (unpaired) electrons. The molecule has 1 fully saturated rings. The summed E-state index contributed by atoms with van der Waals surface area (Å²) < 4.78 is 5.30. The first-order valence-electron chi connectivity index (χ1n) is 6.22. The molecule has 1 aromatic carbocycles. The van der Waals surface area contributed by atoms with Gasteiger partial charge in [-0.1, -0.05) is 0 Å². The number of hydrogen-bond donors (Lipinski definition) is 1. The van der Waals surface area contributed by atoms with Crippen LogP contribution in [0.1, 0.15) is 17.5 Å². The van der Waals surface area contributed by atoms with Gasteiger partial charge in [-0.25, -0.2) is 0 Å². The second-order valence-electron chi connectivity index (χ2n) is 4.76. The average Bonchev–Trinajstić information content (AvgIpc) is 2.87. The molecule has 5 nitrogen and oxygen atoms in total. The van der Waals surface area contributed by atoms with Gasteiger partial charge < -0.3 is 10.5 Å². The van der Waals surface area contributed by atoms with Crippen LogP contribution in [0, 0.1) is 17.2 Å². The molecule has 2 N–H and O–H groups in total. The third-order valence-corrected chi connectivity index (χ3v) is 3.48. The van der Waals surface area contributed by atoms with Gasteiger partial charge in [-0.2, -0.15) is 5.26 Å². The van der Waals surface area contributed by atoms with Crippen LogP contribution in [0.4, 0.5) is 0 Å². The van der Waals surface area contributed by atoms with Crippen LogP contribution in [-0.2, 0) is 11.3 Å². The number of nitriles is 1. The zero-order valence-electron chi connectivity index (χ0n) is 10.9. The number of nitrogens with zero attached hydrogens (tertiary/aromatic N) is 2. The molecule has 0 spiro atoms. The van der Waals surface area contributed by atoms with Crippen LogP contribution in [0.5, 0.6) is 5.75 Å². The number of amides is 1. The van der Waals surface area contributed by atoms with E-state index in [1.165, 1.54) is 0 Å².